The van der Waals surface area contributed by atoms with Crippen LogP contribution in [0.2, 0.25) is 0 Å². The van der Waals surface area contributed by atoms with Gasteiger partial charge < -0.3 is 24.8 Å². The molecule has 0 atom stereocenters. The van der Waals surface area contributed by atoms with Crippen LogP contribution in [0.3, 0.4) is 0 Å². The first-order valence-electron chi connectivity index (χ1n) is 7.16. The Labute approximate surface area is 167 Å². The molecule has 0 spiro atoms. The van der Waals surface area contributed by atoms with Gasteiger partial charge in [-0.2, -0.15) is 6.08 Å². The van der Waals surface area contributed by atoms with Gasteiger partial charge in [0.25, 0.3) is 0 Å². The first-order chi connectivity index (χ1) is 9.16. The van der Waals surface area contributed by atoms with Gasteiger partial charge in [0.05, 0.1) is 0 Å². The average molecular weight is 390 g/mol. The largest absolute Gasteiger partial charge is 3.00 e. The van der Waals surface area contributed by atoms with E-state index in [9.17, 15) is 0 Å². The third-order valence-corrected chi connectivity index (χ3v) is 4.84. The normalized spacial score (nSPS) is 12.8. The van der Waals surface area contributed by atoms with Gasteiger partial charge in [-0.15, -0.1) is 18.2 Å². The molecule has 1 aliphatic rings. The van der Waals surface area contributed by atoms with Gasteiger partial charge in [0.15, 0.2) is 0 Å². The molecule has 0 saturated heterocycles. The number of allylic oxidation sites excluding steroid dienone is 4. The van der Waals surface area contributed by atoms with Crippen molar-refractivity contribution in [3.05, 3.63) is 53.6 Å². The van der Waals surface area contributed by atoms with Gasteiger partial charge in [0.2, 0.25) is 0 Å². The van der Waals surface area contributed by atoms with Crippen molar-refractivity contribution in [3.8, 4) is 0 Å². The molecule has 0 unspecified atom stereocenters. The number of halogens is 2. The molecule has 0 heterocycles. The maximum atomic E-state index is 3.49. The smallest absolute Gasteiger partial charge is 1.00 e. The van der Waals surface area contributed by atoms with Gasteiger partial charge in [-0.3, -0.25) is 6.08 Å². The van der Waals surface area contributed by atoms with E-state index < -0.39 is 0 Å². The Bertz CT molecular complexity index is 496. The number of hydrogen-bond acceptors (Lipinski definition) is 1. The fourth-order valence-electron chi connectivity index (χ4n) is 2.41. The molecule has 0 saturated carbocycles. The van der Waals surface area contributed by atoms with Crippen molar-refractivity contribution in [2.24, 2.45) is 0 Å². The number of benzene rings is 1. The molecular weight excluding hydrogens is 367 g/mol. The van der Waals surface area contributed by atoms with Crippen LogP contribution in [-0.4, -0.2) is 5.75 Å². The van der Waals surface area contributed by atoms with E-state index in [1.54, 1.807) is 0 Å². The van der Waals surface area contributed by atoms with Crippen LogP contribution in [-0.2, 0) is 27.1 Å². The van der Waals surface area contributed by atoms with Crippen molar-refractivity contribution in [1.82, 2.24) is 0 Å². The Hall–Kier alpha value is 0.344. The Morgan fingerprint density at radius 1 is 1.18 bits per heavy atom. The van der Waals surface area contributed by atoms with E-state index in [1.807, 2.05) is 11.8 Å². The maximum Gasteiger partial charge on any atom is 3.00 e. The third-order valence-electron chi connectivity index (χ3n) is 3.68. The summed E-state index contributed by atoms with van der Waals surface area (Å²) in [6, 6.07) is 8.84. The Morgan fingerprint density at radius 2 is 1.86 bits per heavy atom. The molecule has 22 heavy (non-hydrogen) atoms. The SMILES string of the molecule is CCCCSc1ccccc1C(C)(C)C1=[C-]CC=C1.[Cl-].[Cl-].[Ti+3]. The molecule has 0 fully saturated rings. The number of unbranched alkanes of at least 4 members (excludes halogenated alkanes) is 1. The zero-order valence-corrected chi connectivity index (χ0v) is 17.3. The second-order valence-corrected chi connectivity index (χ2v) is 6.66. The van der Waals surface area contributed by atoms with Crippen molar-refractivity contribution >= 4 is 11.8 Å². The Balaban J connectivity index is 0. The summed E-state index contributed by atoms with van der Waals surface area (Å²) in [5.41, 5.74) is 2.82. The van der Waals surface area contributed by atoms with Crippen LogP contribution < -0.4 is 24.8 Å². The molecule has 0 amide bonds. The fourth-order valence-corrected chi connectivity index (χ4v) is 3.72. The van der Waals surface area contributed by atoms with E-state index in [-0.39, 0.29) is 51.9 Å². The first-order valence-corrected chi connectivity index (χ1v) is 8.15. The van der Waals surface area contributed by atoms with E-state index in [2.05, 4.69) is 63.3 Å². The maximum absolute atomic E-state index is 3.49. The van der Waals surface area contributed by atoms with Gasteiger partial charge >= 0.3 is 21.7 Å². The Morgan fingerprint density at radius 3 is 2.45 bits per heavy atom. The number of thioether (sulfide) groups is 1. The summed E-state index contributed by atoms with van der Waals surface area (Å²) >= 11 is 1.99. The molecule has 0 aliphatic heterocycles. The topological polar surface area (TPSA) is 0 Å². The van der Waals surface area contributed by atoms with E-state index in [0.717, 1.165) is 6.42 Å². The van der Waals surface area contributed by atoms with E-state index in [4.69, 9.17) is 0 Å². The minimum atomic E-state index is 0. The minimum Gasteiger partial charge on any atom is -1.00 e. The van der Waals surface area contributed by atoms with E-state index in [1.165, 1.54) is 34.6 Å². The van der Waals surface area contributed by atoms with E-state index in [0.29, 0.717) is 0 Å². The molecule has 119 valence electrons. The van der Waals surface area contributed by atoms with Crippen molar-refractivity contribution in [1.29, 1.82) is 0 Å². The van der Waals surface area contributed by atoms with Gasteiger partial charge in [0.1, 0.15) is 0 Å². The summed E-state index contributed by atoms with van der Waals surface area (Å²) in [6.07, 6.45) is 11.4. The number of rotatable bonds is 6. The quantitative estimate of drug-likeness (QED) is 0.275. The van der Waals surface area contributed by atoms with Crippen molar-refractivity contribution < 1.29 is 46.5 Å². The monoisotopic (exact) mass is 389 g/mol. The summed E-state index contributed by atoms with van der Waals surface area (Å²) in [4.78, 5) is 1.43. The van der Waals surface area contributed by atoms with Crippen LogP contribution in [0.4, 0.5) is 0 Å². The minimum absolute atomic E-state index is 0. The summed E-state index contributed by atoms with van der Waals surface area (Å²) in [7, 11) is 0. The van der Waals surface area contributed by atoms with Crippen molar-refractivity contribution in [2.45, 2.75) is 50.3 Å². The van der Waals surface area contributed by atoms with Crippen molar-refractivity contribution in [2.75, 3.05) is 5.75 Å². The molecule has 0 nitrogen and oxygen atoms in total. The summed E-state index contributed by atoms with van der Waals surface area (Å²) < 4.78 is 0. The molecule has 0 aromatic heterocycles. The van der Waals surface area contributed by atoms with Crippen LogP contribution in [0, 0.1) is 6.08 Å². The fraction of sp³-hybridized carbons (Fsp3) is 0.444. The molecule has 1 aliphatic carbocycles. The Kier molecular flexibility index (Phi) is 13.2. The molecule has 0 N–H and O–H groups in total. The first kappa shape index (κ1) is 24.6. The predicted octanol–water partition coefficient (Wildman–Crippen LogP) is -0.449. The predicted molar refractivity (Wildman–Crippen MR) is 85.6 cm³/mol. The van der Waals surface area contributed by atoms with Crippen LogP contribution in [0.1, 0.15) is 45.6 Å². The summed E-state index contributed by atoms with van der Waals surface area (Å²) in [6.45, 7) is 6.87. The molecule has 1 aromatic carbocycles. The standard InChI is InChI=1S/C18H23S.2ClH.Ti/c1-4-5-14-19-17-13-9-8-12-16(17)18(2,3)15-10-6-7-11-15;;;/h6,8-10,12-13H,4-5,7,14H2,1-3H3;2*1H;/q-1;;;+3/p-2. The average Bonchev–Trinajstić information content (AvgIpc) is 2.94. The zero-order chi connectivity index (χ0) is 13.7. The van der Waals surface area contributed by atoms with Crippen LogP contribution in [0.15, 0.2) is 46.9 Å². The molecule has 1 aromatic rings. The van der Waals surface area contributed by atoms with E-state index >= 15 is 0 Å². The second kappa shape index (κ2) is 11.8. The molecule has 2 rings (SSSR count). The number of hydrogen-bond donors (Lipinski definition) is 0. The second-order valence-electron chi connectivity index (χ2n) is 5.52. The van der Waals surface area contributed by atoms with Gasteiger partial charge in [-0.25, -0.2) is 11.6 Å². The molecule has 4 heteroatoms. The van der Waals surface area contributed by atoms with Gasteiger partial charge in [-0.1, -0.05) is 45.4 Å². The van der Waals surface area contributed by atoms with Crippen LogP contribution in [0.5, 0.6) is 0 Å². The van der Waals surface area contributed by atoms with Crippen molar-refractivity contribution in [3.63, 3.8) is 0 Å². The molecule has 0 bridgehead atoms. The summed E-state index contributed by atoms with van der Waals surface area (Å²) in [5.74, 6) is 1.21. The molecule has 1 radical (unpaired) electrons. The molecular formula is C18H23Cl2STi. The zero-order valence-electron chi connectivity index (χ0n) is 13.5. The van der Waals surface area contributed by atoms with Crippen LogP contribution >= 0.6 is 11.8 Å². The van der Waals surface area contributed by atoms with Gasteiger partial charge in [0, 0.05) is 4.90 Å². The summed E-state index contributed by atoms with van der Waals surface area (Å²) in [5, 5.41) is 0. The van der Waals surface area contributed by atoms with Gasteiger partial charge in [-0.05, 0) is 29.2 Å². The van der Waals surface area contributed by atoms with Crippen LogP contribution in [0.25, 0.3) is 0 Å². The third kappa shape index (κ3) is 6.09.